The minimum absolute atomic E-state index is 1.03. The van der Waals surface area contributed by atoms with Gasteiger partial charge in [-0.05, 0) is 64.2 Å². The van der Waals surface area contributed by atoms with E-state index in [-0.39, 0.29) is 0 Å². The molecule has 0 spiro atoms. The predicted molar refractivity (Wildman–Crippen MR) is 160 cm³/mol. The van der Waals surface area contributed by atoms with Gasteiger partial charge in [-0.1, -0.05) is 97.1 Å². The first-order chi connectivity index (χ1) is 19.9. The van der Waals surface area contributed by atoms with Gasteiger partial charge in [0.1, 0.15) is 0 Å². The Kier molecular flexibility index (Phi) is 17.1. The topological polar surface area (TPSA) is 0 Å². The molecule has 0 amide bonds. The van der Waals surface area contributed by atoms with Gasteiger partial charge < -0.3 is 0 Å². The Balaban J connectivity index is 0.000000304. The van der Waals surface area contributed by atoms with E-state index in [0.717, 1.165) is 33.4 Å². The summed E-state index contributed by atoms with van der Waals surface area (Å²) in [5.74, 6) is 0. The Morgan fingerprint density at radius 3 is 0.800 bits per heavy atom. The van der Waals surface area contributed by atoms with E-state index >= 15 is 0 Å². The van der Waals surface area contributed by atoms with E-state index in [9.17, 15) is 0 Å². The second-order valence-corrected chi connectivity index (χ2v) is 8.39. The summed E-state index contributed by atoms with van der Waals surface area (Å²) in [6, 6.07) is 41.3. The second-order valence-electron chi connectivity index (χ2n) is 8.39. The van der Waals surface area contributed by atoms with E-state index in [1.807, 2.05) is 113 Å². The van der Waals surface area contributed by atoms with Crippen LogP contribution < -0.4 is 0 Å². The van der Waals surface area contributed by atoms with Crippen LogP contribution in [-0.4, -0.2) is 0 Å². The summed E-state index contributed by atoms with van der Waals surface area (Å²) in [5, 5.41) is 0. The summed E-state index contributed by atoms with van der Waals surface area (Å²) in [6.45, 7) is 0. The number of benzene rings is 4. The third-order valence-electron chi connectivity index (χ3n) is 5.57. The Morgan fingerprint density at radius 2 is 0.550 bits per heavy atom. The van der Waals surface area contributed by atoms with Crippen LogP contribution >= 0.6 is 0 Å². The van der Waals surface area contributed by atoms with Crippen molar-refractivity contribution in [2.75, 3.05) is 0 Å². The summed E-state index contributed by atoms with van der Waals surface area (Å²) >= 11 is 3.28. The van der Waals surface area contributed by atoms with Crippen molar-refractivity contribution in [1.82, 2.24) is 0 Å². The van der Waals surface area contributed by atoms with Gasteiger partial charge in [0.25, 0.3) is 0 Å². The summed E-state index contributed by atoms with van der Waals surface area (Å²) in [4.78, 5) is 0. The molecule has 0 unspecified atom stereocenters. The number of hydrogen-bond donors (Lipinski definition) is 0. The van der Waals surface area contributed by atoms with Crippen LogP contribution in [0.1, 0.15) is 22.3 Å². The molecule has 6 rings (SSSR count). The van der Waals surface area contributed by atoms with Crippen molar-refractivity contribution in [3.8, 4) is 0 Å². The van der Waals surface area contributed by atoms with E-state index in [0.29, 0.717) is 0 Å². The van der Waals surface area contributed by atoms with E-state index in [2.05, 4.69) is 84.9 Å². The predicted octanol–water partition coefficient (Wildman–Crippen LogP) is 8.89. The molecule has 4 aromatic carbocycles. The normalized spacial score (nSPS) is 14.4. The number of allylic oxidation sites excluding steroid dienone is 2. The van der Waals surface area contributed by atoms with Gasteiger partial charge in [-0.15, -0.1) is 46.5 Å². The average molecular weight is 669 g/mol. The number of rotatable bonds is 5. The van der Waals surface area contributed by atoms with Crippen molar-refractivity contribution in [2.45, 2.75) is 0 Å². The van der Waals surface area contributed by atoms with Crippen molar-refractivity contribution in [1.29, 1.82) is 0 Å². The fourth-order valence-corrected chi connectivity index (χ4v) is 3.74. The van der Waals surface area contributed by atoms with Gasteiger partial charge in [-0.3, -0.25) is 0 Å². The molecule has 10 radical (unpaired) electrons. The van der Waals surface area contributed by atoms with Crippen molar-refractivity contribution in [3.05, 3.63) is 220 Å². The maximum absolute atomic E-state index is 3.63. The molecule has 2 fully saturated rings. The molecule has 0 heterocycles. The fraction of sp³-hybridized carbons (Fsp3) is 0. The molecule has 2 heteroatoms. The van der Waals surface area contributed by atoms with Gasteiger partial charge in [0.2, 0.25) is 0 Å². The van der Waals surface area contributed by atoms with E-state index < -0.39 is 0 Å². The molecule has 0 saturated heterocycles. The quantitative estimate of drug-likeness (QED) is 0.113. The van der Waals surface area contributed by atoms with Crippen molar-refractivity contribution < 1.29 is 38.5 Å². The standard InChI is InChI=1S/C28H20.2C5H5.2Zr/c1-5-13-23(14-6-1)21-27(25-17-9-3-10-18-25)28(26-19-11-4-12-20-26)22-24-15-7-2-8-16-24;2*1-2-4-5-3-1;;/h1-20H;2*1-5H;;/q-2;;;;. The van der Waals surface area contributed by atoms with Crippen LogP contribution in [0.4, 0.5) is 0 Å². The first kappa shape index (κ1) is 32.6. The molecule has 2 aliphatic rings. The van der Waals surface area contributed by atoms with Crippen LogP contribution in [0, 0.1) is 76.4 Å². The van der Waals surface area contributed by atoms with Gasteiger partial charge in [-0.25, -0.2) is 0 Å². The van der Waals surface area contributed by atoms with E-state index in [1.165, 1.54) is 0 Å². The van der Waals surface area contributed by atoms with E-state index in [1.54, 1.807) is 38.5 Å². The van der Waals surface area contributed by atoms with E-state index in [4.69, 9.17) is 0 Å². The zero-order valence-corrected chi connectivity index (χ0v) is 27.2. The summed E-state index contributed by atoms with van der Waals surface area (Å²) in [7, 11) is 0. The monoisotopic (exact) mass is 666 g/mol. The van der Waals surface area contributed by atoms with Crippen LogP contribution in [0.3, 0.4) is 0 Å². The van der Waals surface area contributed by atoms with Crippen LogP contribution in [0.5, 0.6) is 0 Å². The third kappa shape index (κ3) is 12.3. The molecule has 0 aliphatic heterocycles. The molecule has 0 aromatic heterocycles. The van der Waals surface area contributed by atoms with Crippen molar-refractivity contribution >= 4 is 11.1 Å². The summed E-state index contributed by atoms with van der Waals surface area (Å²) in [6.07, 6.45) is 27.3. The van der Waals surface area contributed by atoms with Gasteiger partial charge in [0.05, 0.1) is 0 Å². The summed E-state index contributed by atoms with van der Waals surface area (Å²) in [5.41, 5.74) is 6.39. The van der Waals surface area contributed by atoms with Gasteiger partial charge in [-0.2, -0.15) is 23.3 Å². The van der Waals surface area contributed by atoms with Crippen LogP contribution in [0.2, 0.25) is 0 Å². The Hall–Kier alpha value is -1.87. The Morgan fingerprint density at radius 1 is 0.325 bits per heavy atom. The maximum atomic E-state index is 3.63. The van der Waals surface area contributed by atoms with Crippen molar-refractivity contribution in [2.24, 2.45) is 0 Å². The molecule has 2 saturated carbocycles. The Labute approximate surface area is 267 Å². The zero-order chi connectivity index (χ0) is 28.1. The first-order valence-corrected chi connectivity index (χ1v) is 21.5. The fourth-order valence-electron chi connectivity index (χ4n) is 3.74. The molecule has 0 bridgehead atoms. The molecule has 2 aliphatic carbocycles. The molecule has 0 nitrogen and oxygen atoms in total. The summed E-state index contributed by atoms with van der Waals surface area (Å²) < 4.78 is 0. The number of hydrogen-bond acceptors (Lipinski definition) is 0. The van der Waals surface area contributed by atoms with Gasteiger partial charge in [0.15, 0.2) is 0 Å². The average Bonchev–Trinajstić information content (AvgIpc) is 3.82. The molecule has 4 aromatic rings. The second kappa shape index (κ2) is 20.9. The zero-order valence-electron chi connectivity index (χ0n) is 22.3. The molecule has 40 heavy (non-hydrogen) atoms. The Bertz CT molecular complexity index is 1120. The molecular weight excluding hydrogens is 639 g/mol. The first-order valence-electron chi connectivity index (χ1n) is 13.0. The van der Waals surface area contributed by atoms with Gasteiger partial charge in [0, 0.05) is 0 Å². The SMILES string of the molecule is [C-](=C(C(=[C-]c1ccccc1)c1ccccc1)c1ccccc1)c1ccccc1.[CH]1[CH][CH][CH][CH]1.[CH]1[CH][CH][CH][CH]1.[Zr]=[Zr]. The van der Waals surface area contributed by atoms with Crippen LogP contribution in [0.15, 0.2) is 121 Å². The minimum atomic E-state index is 1.03. The molecule has 192 valence electrons. The van der Waals surface area contributed by atoms with Crippen LogP contribution in [-0.2, 0) is 38.5 Å². The molecule has 0 N–H and O–H groups in total. The van der Waals surface area contributed by atoms with Crippen molar-refractivity contribution in [3.63, 3.8) is 0 Å². The molecular formula is C38H30Zr2-2. The van der Waals surface area contributed by atoms with Crippen LogP contribution in [0.25, 0.3) is 11.1 Å². The molecule has 0 atom stereocenters. The van der Waals surface area contributed by atoms with Gasteiger partial charge >= 0.3 is 38.5 Å². The third-order valence-corrected chi connectivity index (χ3v) is 5.57.